The number of hydrogen-bond donors (Lipinski definition) is 0. The summed E-state index contributed by atoms with van der Waals surface area (Å²) in [4.78, 5) is 14.7. The number of likely N-dealkylation sites (tertiary alicyclic amines) is 1. The summed E-state index contributed by atoms with van der Waals surface area (Å²) in [5.41, 5.74) is 1.46. The van der Waals surface area contributed by atoms with Crippen LogP contribution in [0.25, 0.3) is 0 Å². The minimum absolute atomic E-state index is 0.0850. The Bertz CT molecular complexity index is 561. The van der Waals surface area contributed by atoms with Crippen molar-refractivity contribution in [2.75, 3.05) is 26.8 Å². The molecule has 0 N–H and O–H groups in total. The van der Waals surface area contributed by atoms with E-state index >= 15 is 0 Å². The van der Waals surface area contributed by atoms with Gasteiger partial charge in [-0.1, -0.05) is 0 Å². The van der Waals surface area contributed by atoms with E-state index in [1.165, 1.54) is 0 Å². The third kappa shape index (κ3) is 2.90. The number of carbonyl (C=O) groups excluding carboxylic acids is 1. The summed E-state index contributed by atoms with van der Waals surface area (Å²) in [6.07, 6.45) is 5.64. The Kier molecular flexibility index (Phi) is 4.73. The molecule has 23 heavy (non-hydrogen) atoms. The van der Waals surface area contributed by atoms with Gasteiger partial charge in [-0.2, -0.15) is 5.10 Å². The Morgan fingerprint density at radius 3 is 2.83 bits per heavy atom. The number of carbonyl (C=O) groups is 1. The highest BCUT2D eigenvalue weighted by atomic mass is 16.5. The average Bonchev–Trinajstić information content (AvgIpc) is 2.96. The van der Waals surface area contributed by atoms with Crippen molar-refractivity contribution in [2.45, 2.75) is 57.8 Å². The van der Waals surface area contributed by atoms with Crippen LogP contribution in [0.15, 0.2) is 6.20 Å². The average molecular weight is 321 g/mol. The van der Waals surface area contributed by atoms with E-state index in [4.69, 9.17) is 9.47 Å². The highest BCUT2D eigenvalue weighted by molar-refractivity contribution is 5.95. The second-order valence-corrected chi connectivity index (χ2v) is 6.53. The molecular weight excluding hydrogens is 294 g/mol. The number of piperidine rings is 1. The predicted molar refractivity (Wildman–Crippen MR) is 86.5 cm³/mol. The predicted octanol–water partition coefficient (Wildman–Crippen LogP) is 2.01. The lowest BCUT2D eigenvalue weighted by Crippen LogP contribution is -2.56. The number of amides is 1. The van der Waals surface area contributed by atoms with Gasteiger partial charge in [0.2, 0.25) is 0 Å². The number of ether oxygens (including phenoxy) is 2. The van der Waals surface area contributed by atoms with Crippen molar-refractivity contribution in [1.82, 2.24) is 14.7 Å². The van der Waals surface area contributed by atoms with Crippen LogP contribution in [0.2, 0.25) is 0 Å². The highest BCUT2D eigenvalue weighted by Crippen LogP contribution is 2.37. The topological polar surface area (TPSA) is 56.6 Å². The first-order chi connectivity index (χ1) is 11.1. The molecule has 1 atom stereocenters. The Labute approximate surface area is 137 Å². The van der Waals surface area contributed by atoms with Crippen molar-refractivity contribution >= 4 is 5.91 Å². The van der Waals surface area contributed by atoms with E-state index < -0.39 is 0 Å². The standard InChI is InChI=1S/C17H27N3O3/c1-4-20-13(2)14(12-18-20)16(21)19-9-7-17(8-10-19)15(22-3)6-5-11-23-17/h12,15H,4-11H2,1-3H3/t15-/m1/s1. The maximum absolute atomic E-state index is 12.8. The molecule has 128 valence electrons. The zero-order valence-corrected chi connectivity index (χ0v) is 14.4. The summed E-state index contributed by atoms with van der Waals surface area (Å²) in [7, 11) is 1.77. The molecule has 1 aromatic rings. The molecule has 2 aliphatic heterocycles. The molecule has 3 rings (SSSR count). The molecule has 3 heterocycles. The van der Waals surface area contributed by atoms with E-state index in [1.807, 2.05) is 23.4 Å². The van der Waals surface area contributed by atoms with Crippen molar-refractivity contribution in [3.05, 3.63) is 17.5 Å². The first kappa shape index (κ1) is 16.5. The van der Waals surface area contributed by atoms with Crippen molar-refractivity contribution < 1.29 is 14.3 Å². The highest BCUT2D eigenvalue weighted by Gasteiger charge is 2.45. The quantitative estimate of drug-likeness (QED) is 0.854. The summed E-state index contributed by atoms with van der Waals surface area (Å²) >= 11 is 0. The molecule has 0 saturated carbocycles. The van der Waals surface area contributed by atoms with Crippen LogP contribution in [-0.2, 0) is 16.0 Å². The Hall–Kier alpha value is -1.40. The second-order valence-electron chi connectivity index (χ2n) is 6.53. The summed E-state index contributed by atoms with van der Waals surface area (Å²) in [5, 5.41) is 4.28. The molecule has 1 spiro atoms. The maximum atomic E-state index is 12.8. The minimum Gasteiger partial charge on any atom is -0.378 e. The molecule has 0 aromatic carbocycles. The Morgan fingerprint density at radius 1 is 1.48 bits per heavy atom. The summed E-state index contributed by atoms with van der Waals surface area (Å²) < 4.78 is 13.6. The molecule has 1 amide bonds. The largest absolute Gasteiger partial charge is 0.378 e. The summed E-state index contributed by atoms with van der Waals surface area (Å²) in [6, 6.07) is 0. The van der Waals surface area contributed by atoms with Crippen molar-refractivity contribution in [3.63, 3.8) is 0 Å². The van der Waals surface area contributed by atoms with Crippen LogP contribution in [0.4, 0.5) is 0 Å². The van der Waals surface area contributed by atoms with Gasteiger partial charge in [0.15, 0.2) is 0 Å². The number of methoxy groups -OCH3 is 1. The van der Waals surface area contributed by atoms with Crippen LogP contribution >= 0.6 is 0 Å². The van der Waals surface area contributed by atoms with E-state index in [-0.39, 0.29) is 17.6 Å². The maximum Gasteiger partial charge on any atom is 0.257 e. The van der Waals surface area contributed by atoms with Gasteiger partial charge in [-0.05, 0) is 39.5 Å². The molecule has 2 fully saturated rings. The Balaban J connectivity index is 1.68. The minimum atomic E-state index is -0.202. The normalized spacial score (nSPS) is 24.1. The van der Waals surface area contributed by atoms with E-state index in [0.717, 1.165) is 63.2 Å². The molecular formula is C17H27N3O3. The van der Waals surface area contributed by atoms with Gasteiger partial charge < -0.3 is 14.4 Å². The van der Waals surface area contributed by atoms with Crippen molar-refractivity contribution in [3.8, 4) is 0 Å². The number of nitrogens with zero attached hydrogens (tertiary/aromatic N) is 3. The van der Waals surface area contributed by atoms with Crippen LogP contribution < -0.4 is 0 Å². The third-order valence-corrected chi connectivity index (χ3v) is 5.40. The molecule has 6 heteroatoms. The zero-order valence-electron chi connectivity index (χ0n) is 14.4. The van der Waals surface area contributed by atoms with Gasteiger partial charge in [-0.3, -0.25) is 9.48 Å². The van der Waals surface area contributed by atoms with Crippen LogP contribution in [0.1, 0.15) is 48.7 Å². The molecule has 0 bridgehead atoms. The fourth-order valence-corrected chi connectivity index (χ4v) is 3.93. The third-order valence-electron chi connectivity index (χ3n) is 5.40. The molecule has 2 aliphatic rings. The molecule has 0 radical (unpaired) electrons. The van der Waals surface area contributed by atoms with Crippen molar-refractivity contribution in [1.29, 1.82) is 0 Å². The number of hydrogen-bond acceptors (Lipinski definition) is 4. The van der Waals surface area contributed by atoms with Gasteiger partial charge in [-0.15, -0.1) is 0 Å². The van der Waals surface area contributed by atoms with Gasteiger partial charge in [0.25, 0.3) is 5.91 Å². The van der Waals surface area contributed by atoms with Gasteiger partial charge in [0, 0.05) is 39.0 Å². The molecule has 2 saturated heterocycles. The van der Waals surface area contributed by atoms with Crippen LogP contribution in [0, 0.1) is 6.92 Å². The molecule has 6 nitrogen and oxygen atoms in total. The van der Waals surface area contributed by atoms with E-state index in [9.17, 15) is 4.79 Å². The monoisotopic (exact) mass is 321 g/mol. The SMILES string of the molecule is CCn1ncc(C(=O)N2CCC3(CC2)OCCC[C@H]3OC)c1C. The number of aromatic nitrogens is 2. The lowest BCUT2D eigenvalue weighted by molar-refractivity contribution is -0.183. The van der Waals surface area contributed by atoms with E-state index in [2.05, 4.69) is 5.10 Å². The van der Waals surface area contributed by atoms with Crippen LogP contribution in [-0.4, -0.2) is 59.1 Å². The van der Waals surface area contributed by atoms with Crippen LogP contribution in [0.5, 0.6) is 0 Å². The van der Waals surface area contributed by atoms with Gasteiger partial charge in [0.1, 0.15) is 0 Å². The number of rotatable bonds is 3. The van der Waals surface area contributed by atoms with Gasteiger partial charge in [-0.25, -0.2) is 0 Å². The molecule has 0 aliphatic carbocycles. The van der Waals surface area contributed by atoms with Crippen molar-refractivity contribution in [2.24, 2.45) is 0 Å². The summed E-state index contributed by atoms with van der Waals surface area (Å²) in [6.45, 7) is 7.01. The second kappa shape index (κ2) is 6.61. The van der Waals surface area contributed by atoms with E-state index in [0.29, 0.717) is 0 Å². The fourth-order valence-electron chi connectivity index (χ4n) is 3.93. The smallest absolute Gasteiger partial charge is 0.257 e. The fraction of sp³-hybridized carbons (Fsp3) is 0.765. The first-order valence-corrected chi connectivity index (χ1v) is 8.59. The van der Waals surface area contributed by atoms with E-state index in [1.54, 1.807) is 13.3 Å². The summed E-state index contributed by atoms with van der Waals surface area (Å²) in [5.74, 6) is 0.0850. The van der Waals surface area contributed by atoms with Gasteiger partial charge >= 0.3 is 0 Å². The molecule has 1 aromatic heterocycles. The first-order valence-electron chi connectivity index (χ1n) is 8.59. The van der Waals surface area contributed by atoms with Gasteiger partial charge in [0.05, 0.1) is 23.5 Å². The van der Waals surface area contributed by atoms with Crippen LogP contribution in [0.3, 0.4) is 0 Å². The Morgan fingerprint density at radius 2 is 2.22 bits per heavy atom. The lowest BCUT2D eigenvalue weighted by Gasteiger charge is -2.48. The molecule has 0 unspecified atom stereocenters. The zero-order chi connectivity index (χ0) is 16.4. The lowest BCUT2D eigenvalue weighted by atomic mass is 9.81. The number of aryl methyl sites for hydroxylation is 1.